The van der Waals surface area contributed by atoms with Gasteiger partial charge in [-0.25, -0.2) is 15.0 Å². The van der Waals surface area contributed by atoms with Crippen LogP contribution >= 0.6 is 22.7 Å². The van der Waals surface area contributed by atoms with Crippen LogP contribution in [-0.4, -0.2) is 52.6 Å². The van der Waals surface area contributed by atoms with Crippen LogP contribution in [0.3, 0.4) is 0 Å². The van der Waals surface area contributed by atoms with E-state index >= 15 is 0 Å². The van der Waals surface area contributed by atoms with Crippen molar-refractivity contribution in [3.05, 3.63) is 34.1 Å². The molecule has 5 nitrogen and oxygen atoms in total. The molecule has 3 aromatic heterocycles. The molecule has 130 valence electrons. The first-order valence-corrected chi connectivity index (χ1v) is 10.4. The number of thiophene rings is 1. The van der Waals surface area contributed by atoms with Gasteiger partial charge in [-0.2, -0.15) is 11.3 Å². The topological polar surface area (TPSA) is 45.2 Å². The van der Waals surface area contributed by atoms with Crippen LogP contribution in [0.2, 0.25) is 0 Å². The molecule has 1 aliphatic rings. The molecule has 3 aromatic rings. The molecule has 1 aliphatic heterocycles. The van der Waals surface area contributed by atoms with Crippen molar-refractivity contribution < 1.29 is 0 Å². The molecule has 0 atom stereocenters. The number of rotatable bonds is 4. The van der Waals surface area contributed by atoms with Crippen molar-refractivity contribution in [1.29, 1.82) is 0 Å². The fraction of sp³-hybridized carbons (Fsp3) is 0.389. The number of aromatic nitrogens is 3. The zero-order valence-electron chi connectivity index (χ0n) is 14.5. The van der Waals surface area contributed by atoms with Gasteiger partial charge in [-0.05, 0) is 35.9 Å². The van der Waals surface area contributed by atoms with Crippen LogP contribution < -0.4 is 4.90 Å². The molecule has 25 heavy (non-hydrogen) atoms. The number of hydrogen-bond acceptors (Lipinski definition) is 7. The van der Waals surface area contributed by atoms with E-state index in [1.807, 2.05) is 13.1 Å². The molecular weight excluding hydrogens is 350 g/mol. The van der Waals surface area contributed by atoms with Crippen LogP contribution in [0.15, 0.2) is 28.4 Å². The summed E-state index contributed by atoms with van der Waals surface area (Å²) in [5, 5.41) is 7.27. The highest BCUT2D eigenvalue weighted by Gasteiger charge is 2.21. The second-order valence-electron chi connectivity index (χ2n) is 6.16. The number of piperazine rings is 1. The molecule has 0 radical (unpaired) electrons. The fourth-order valence-electron chi connectivity index (χ4n) is 3.04. The van der Waals surface area contributed by atoms with Gasteiger partial charge in [-0.15, -0.1) is 11.3 Å². The lowest BCUT2D eigenvalue weighted by Crippen LogP contribution is -2.46. The van der Waals surface area contributed by atoms with Crippen molar-refractivity contribution in [2.24, 2.45) is 0 Å². The van der Waals surface area contributed by atoms with Gasteiger partial charge in [0.15, 0.2) is 0 Å². The SMILES string of the molecule is CCN1CCN(c2ncc(-c3ccsc3)c(-c3nc(C)cs3)n2)CC1. The summed E-state index contributed by atoms with van der Waals surface area (Å²) in [7, 11) is 0. The summed E-state index contributed by atoms with van der Waals surface area (Å²) in [5.41, 5.74) is 4.20. The monoisotopic (exact) mass is 371 g/mol. The third-order valence-electron chi connectivity index (χ3n) is 4.53. The number of likely N-dealkylation sites (N-methyl/N-ethyl adjacent to an activating group) is 1. The van der Waals surface area contributed by atoms with Gasteiger partial charge in [-0.3, -0.25) is 0 Å². The Morgan fingerprint density at radius 3 is 2.60 bits per heavy atom. The van der Waals surface area contributed by atoms with Crippen LogP contribution in [0.25, 0.3) is 21.8 Å². The molecule has 0 unspecified atom stereocenters. The highest BCUT2D eigenvalue weighted by Crippen LogP contribution is 2.34. The minimum absolute atomic E-state index is 0.817. The molecule has 4 rings (SSSR count). The number of nitrogens with zero attached hydrogens (tertiary/aromatic N) is 5. The standard InChI is InChI=1S/C18H21N5S2/c1-3-22-5-7-23(8-6-22)18-19-10-15(14-4-9-24-12-14)16(21-18)17-20-13(2)11-25-17/h4,9-12H,3,5-8H2,1-2H3. The van der Waals surface area contributed by atoms with E-state index < -0.39 is 0 Å². The lowest BCUT2D eigenvalue weighted by Gasteiger charge is -2.34. The first kappa shape index (κ1) is 16.6. The van der Waals surface area contributed by atoms with Gasteiger partial charge in [0.1, 0.15) is 10.7 Å². The van der Waals surface area contributed by atoms with E-state index in [2.05, 4.69) is 48.9 Å². The van der Waals surface area contributed by atoms with Crippen molar-refractivity contribution in [3.8, 4) is 21.8 Å². The minimum atomic E-state index is 0.817. The number of thiazole rings is 1. The van der Waals surface area contributed by atoms with Gasteiger partial charge in [0.2, 0.25) is 5.95 Å². The van der Waals surface area contributed by atoms with E-state index in [4.69, 9.17) is 4.98 Å². The highest BCUT2D eigenvalue weighted by molar-refractivity contribution is 7.13. The average molecular weight is 372 g/mol. The molecule has 0 amide bonds. The van der Waals surface area contributed by atoms with Gasteiger partial charge >= 0.3 is 0 Å². The molecule has 1 fully saturated rings. The Bertz CT molecular complexity index is 835. The van der Waals surface area contributed by atoms with E-state index in [1.165, 1.54) is 0 Å². The largest absolute Gasteiger partial charge is 0.338 e. The van der Waals surface area contributed by atoms with E-state index in [1.54, 1.807) is 22.7 Å². The zero-order valence-corrected chi connectivity index (χ0v) is 16.1. The van der Waals surface area contributed by atoms with Crippen LogP contribution in [-0.2, 0) is 0 Å². The molecule has 0 saturated carbocycles. The predicted molar refractivity (Wildman–Crippen MR) is 106 cm³/mol. The van der Waals surface area contributed by atoms with Gasteiger partial charge in [0, 0.05) is 49.0 Å². The van der Waals surface area contributed by atoms with E-state index in [9.17, 15) is 0 Å². The minimum Gasteiger partial charge on any atom is -0.338 e. The van der Waals surface area contributed by atoms with Gasteiger partial charge in [-0.1, -0.05) is 6.92 Å². The maximum Gasteiger partial charge on any atom is 0.226 e. The van der Waals surface area contributed by atoms with Gasteiger partial charge in [0.05, 0.1) is 0 Å². The summed E-state index contributed by atoms with van der Waals surface area (Å²) < 4.78 is 0. The van der Waals surface area contributed by atoms with Crippen molar-refractivity contribution in [2.75, 3.05) is 37.6 Å². The molecule has 0 aliphatic carbocycles. The number of hydrogen-bond donors (Lipinski definition) is 0. The Morgan fingerprint density at radius 1 is 1.12 bits per heavy atom. The van der Waals surface area contributed by atoms with E-state index in [0.29, 0.717) is 0 Å². The molecule has 7 heteroatoms. The molecule has 0 N–H and O–H groups in total. The smallest absolute Gasteiger partial charge is 0.226 e. The summed E-state index contributed by atoms with van der Waals surface area (Å²) in [6.07, 6.45) is 1.96. The summed E-state index contributed by atoms with van der Waals surface area (Å²) in [5.74, 6) is 0.817. The second-order valence-corrected chi connectivity index (χ2v) is 7.80. The maximum atomic E-state index is 4.94. The molecular formula is C18H21N5S2. The Labute approximate surface area is 156 Å². The van der Waals surface area contributed by atoms with E-state index in [-0.39, 0.29) is 0 Å². The van der Waals surface area contributed by atoms with Crippen molar-refractivity contribution >= 4 is 28.6 Å². The first-order valence-electron chi connectivity index (χ1n) is 8.54. The summed E-state index contributed by atoms with van der Waals surface area (Å²) >= 11 is 3.34. The van der Waals surface area contributed by atoms with Crippen molar-refractivity contribution in [2.45, 2.75) is 13.8 Å². The third-order valence-corrected chi connectivity index (χ3v) is 6.18. The zero-order chi connectivity index (χ0) is 17.2. The van der Waals surface area contributed by atoms with E-state index in [0.717, 1.165) is 66.2 Å². The number of anilines is 1. The molecule has 0 spiro atoms. The van der Waals surface area contributed by atoms with Crippen LogP contribution in [0.4, 0.5) is 5.95 Å². The highest BCUT2D eigenvalue weighted by atomic mass is 32.1. The number of aryl methyl sites for hydroxylation is 1. The van der Waals surface area contributed by atoms with Crippen LogP contribution in [0.1, 0.15) is 12.6 Å². The van der Waals surface area contributed by atoms with Gasteiger partial charge in [0.25, 0.3) is 0 Å². The molecule has 4 heterocycles. The summed E-state index contributed by atoms with van der Waals surface area (Å²) in [6, 6.07) is 2.12. The fourth-order valence-corrected chi connectivity index (χ4v) is 4.50. The summed E-state index contributed by atoms with van der Waals surface area (Å²) in [4.78, 5) is 19.0. The molecule has 0 bridgehead atoms. The first-order chi connectivity index (χ1) is 12.2. The maximum absolute atomic E-state index is 4.94. The predicted octanol–water partition coefficient (Wildman–Crippen LogP) is 3.78. The molecule has 0 aromatic carbocycles. The van der Waals surface area contributed by atoms with Crippen LogP contribution in [0.5, 0.6) is 0 Å². The molecule has 1 saturated heterocycles. The lowest BCUT2D eigenvalue weighted by atomic mass is 10.1. The normalized spacial score (nSPS) is 15.7. The quantitative estimate of drug-likeness (QED) is 0.698. The Balaban J connectivity index is 1.71. The average Bonchev–Trinajstić information content (AvgIpc) is 3.33. The third kappa shape index (κ3) is 3.44. The second kappa shape index (κ2) is 7.19. The summed E-state index contributed by atoms with van der Waals surface area (Å²) in [6.45, 7) is 9.43. The lowest BCUT2D eigenvalue weighted by molar-refractivity contribution is 0.270. The Kier molecular flexibility index (Phi) is 4.78. The Morgan fingerprint density at radius 2 is 1.96 bits per heavy atom. The van der Waals surface area contributed by atoms with Gasteiger partial charge < -0.3 is 9.80 Å². The van der Waals surface area contributed by atoms with Crippen molar-refractivity contribution in [3.63, 3.8) is 0 Å². The Hall–Kier alpha value is -1.83. The van der Waals surface area contributed by atoms with Crippen LogP contribution in [0, 0.1) is 6.92 Å². The van der Waals surface area contributed by atoms with Crippen molar-refractivity contribution in [1.82, 2.24) is 19.9 Å².